The number of amides is 1. The molecule has 1 aliphatic heterocycles. The number of carbonyl (C=O) groups excluding carboxylic acids is 2. The minimum Gasteiger partial charge on any atom is -0.466 e. The lowest BCUT2D eigenvalue weighted by Crippen LogP contribution is -2.52. The van der Waals surface area contributed by atoms with Crippen LogP contribution in [0.1, 0.15) is 44.4 Å². The van der Waals surface area contributed by atoms with Crippen molar-refractivity contribution in [1.82, 2.24) is 10.1 Å². The summed E-state index contributed by atoms with van der Waals surface area (Å²) in [5, 5.41) is 4.21. The minimum absolute atomic E-state index is 0.112. The first-order valence-corrected chi connectivity index (χ1v) is 10.9. The lowest BCUT2D eigenvalue weighted by Gasteiger charge is -2.40. The number of hydrogen-bond donors (Lipinski definition) is 0. The van der Waals surface area contributed by atoms with Gasteiger partial charge in [0.25, 0.3) is 0 Å². The van der Waals surface area contributed by atoms with Crippen LogP contribution in [0.5, 0.6) is 0 Å². The highest BCUT2D eigenvalue weighted by molar-refractivity contribution is 5.84. The van der Waals surface area contributed by atoms with Gasteiger partial charge in [-0.1, -0.05) is 41.9 Å². The van der Waals surface area contributed by atoms with Gasteiger partial charge in [0.05, 0.1) is 12.0 Å². The number of hydrogen-bond acceptors (Lipinski definition) is 5. The first-order chi connectivity index (χ1) is 14.4. The van der Waals surface area contributed by atoms with E-state index in [1.807, 2.05) is 49.1 Å². The van der Waals surface area contributed by atoms with E-state index in [0.29, 0.717) is 44.2 Å². The topological polar surface area (TPSA) is 72.6 Å². The number of carbonyl (C=O) groups is 2. The molecule has 1 saturated carbocycles. The monoisotopic (exact) mass is 410 g/mol. The Kier molecular flexibility index (Phi) is 5.67. The molecule has 1 aromatic carbocycles. The van der Waals surface area contributed by atoms with E-state index in [2.05, 4.69) is 12.1 Å². The number of benzene rings is 1. The summed E-state index contributed by atoms with van der Waals surface area (Å²) < 4.78 is 11.1. The van der Waals surface area contributed by atoms with Crippen molar-refractivity contribution in [3.63, 3.8) is 0 Å². The van der Waals surface area contributed by atoms with Crippen molar-refractivity contribution in [2.75, 3.05) is 19.7 Å². The summed E-state index contributed by atoms with van der Waals surface area (Å²) in [5.41, 5.74) is 2.12. The minimum atomic E-state index is -0.786. The molecule has 0 N–H and O–H groups in total. The van der Waals surface area contributed by atoms with Crippen molar-refractivity contribution in [3.8, 4) is 11.3 Å². The summed E-state index contributed by atoms with van der Waals surface area (Å²) in [6.07, 6.45) is 2.79. The second kappa shape index (κ2) is 8.25. The SMILES string of the molecule is CCOC(=O)[C@]1(Cc2cc(-c3ccc(C)cc3)no2)CCCN(C(=O)[C@@H]2C[C@@H]2C)C1. The lowest BCUT2D eigenvalue weighted by molar-refractivity contribution is -0.161. The number of aryl methyl sites for hydroxylation is 1. The molecule has 0 bridgehead atoms. The smallest absolute Gasteiger partial charge is 0.314 e. The van der Waals surface area contributed by atoms with Gasteiger partial charge in [0, 0.05) is 37.1 Å². The van der Waals surface area contributed by atoms with Gasteiger partial charge in [-0.15, -0.1) is 0 Å². The average Bonchev–Trinajstić information content (AvgIpc) is 3.29. The Balaban J connectivity index is 1.56. The molecular formula is C24H30N2O4. The lowest BCUT2D eigenvalue weighted by atomic mass is 9.76. The predicted octanol–water partition coefficient (Wildman–Crippen LogP) is 4.02. The Hall–Kier alpha value is -2.63. The molecule has 160 valence electrons. The third-order valence-corrected chi connectivity index (χ3v) is 6.44. The van der Waals surface area contributed by atoms with Gasteiger partial charge >= 0.3 is 5.97 Å². The van der Waals surface area contributed by atoms with Gasteiger partial charge in [-0.05, 0) is 39.0 Å². The van der Waals surface area contributed by atoms with Crippen LogP contribution in [-0.2, 0) is 20.7 Å². The molecule has 2 fully saturated rings. The largest absolute Gasteiger partial charge is 0.466 e. The summed E-state index contributed by atoms with van der Waals surface area (Å²) in [6, 6.07) is 9.99. The van der Waals surface area contributed by atoms with E-state index in [9.17, 15) is 9.59 Å². The molecule has 6 nitrogen and oxygen atoms in total. The second-order valence-electron chi connectivity index (χ2n) is 8.90. The zero-order chi connectivity index (χ0) is 21.3. The third-order valence-electron chi connectivity index (χ3n) is 6.44. The fraction of sp³-hybridized carbons (Fsp3) is 0.542. The van der Waals surface area contributed by atoms with Gasteiger partial charge in [0.1, 0.15) is 11.5 Å². The number of rotatable bonds is 6. The summed E-state index contributed by atoms with van der Waals surface area (Å²) in [7, 11) is 0. The van der Waals surface area contributed by atoms with Crippen LogP contribution < -0.4 is 0 Å². The molecule has 1 amide bonds. The predicted molar refractivity (Wildman–Crippen MR) is 113 cm³/mol. The fourth-order valence-electron chi connectivity index (χ4n) is 4.48. The van der Waals surface area contributed by atoms with Gasteiger partial charge in [0.2, 0.25) is 5.91 Å². The Morgan fingerprint density at radius 1 is 1.30 bits per heavy atom. The van der Waals surface area contributed by atoms with Gasteiger partial charge in [-0.25, -0.2) is 0 Å². The Labute approximate surface area is 177 Å². The maximum absolute atomic E-state index is 13.0. The van der Waals surface area contributed by atoms with E-state index < -0.39 is 5.41 Å². The van der Waals surface area contributed by atoms with E-state index in [1.54, 1.807) is 0 Å². The molecule has 2 aromatic rings. The Morgan fingerprint density at radius 2 is 2.03 bits per heavy atom. The van der Waals surface area contributed by atoms with Crippen LogP contribution in [0.2, 0.25) is 0 Å². The molecule has 3 atom stereocenters. The van der Waals surface area contributed by atoms with Gasteiger partial charge in [0.15, 0.2) is 0 Å². The average molecular weight is 411 g/mol. The van der Waals surface area contributed by atoms with Crippen LogP contribution in [0.4, 0.5) is 0 Å². The molecular weight excluding hydrogens is 380 g/mol. The number of aromatic nitrogens is 1. The molecule has 30 heavy (non-hydrogen) atoms. The van der Waals surface area contributed by atoms with Gasteiger partial charge in [-0.2, -0.15) is 0 Å². The van der Waals surface area contributed by atoms with Crippen LogP contribution >= 0.6 is 0 Å². The normalized spacial score (nSPS) is 25.8. The molecule has 0 unspecified atom stereocenters. The number of piperidine rings is 1. The first kappa shape index (κ1) is 20.6. The number of ether oxygens (including phenoxy) is 1. The Bertz CT molecular complexity index is 920. The van der Waals surface area contributed by atoms with E-state index >= 15 is 0 Å². The van der Waals surface area contributed by atoms with E-state index in [-0.39, 0.29) is 17.8 Å². The number of nitrogens with zero attached hydrogens (tertiary/aromatic N) is 2. The zero-order valence-electron chi connectivity index (χ0n) is 18.0. The van der Waals surface area contributed by atoms with Gasteiger partial charge in [-0.3, -0.25) is 9.59 Å². The van der Waals surface area contributed by atoms with Crippen molar-refractivity contribution < 1.29 is 18.8 Å². The van der Waals surface area contributed by atoms with Gasteiger partial charge < -0.3 is 14.2 Å². The van der Waals surface area contributed by atoms with Crippen molar-refractivity contribution in [1.29, 1.82) is 0 Å². The summed E-state index contributed by atoms with van der Waals surface area (Å²) in [6.45, 7) is 7.36. The number of likely N-dealkylation sites (tertiary alicyclic amines) is 1. The molecule has 1 saturated heterocycles. The van der Waals surface area contributed by atoms with Crippen molar-refractivity contribution in [2.24, 2.45) is 17.3 Å². The molecule has 1 aliphatic carbocycles. The van der Waals surface area contributed by atoms with Crippen molar-refractivity contribution in [3.05, 3.63) is 41.7 Å². The van der Waals surface area contributed by atoms with Crippen LogP contribution in [0.15, 0.2) is 34.9 Å². The maximum Gasteiger partial charge on any atom is 0.314 e. The quantitative estimate of drug-likeness (QED) is 0.673. The van der Waals surface area contributed by atoms with E-state index in [4.69, 9.17) is 9.26 Å². The molecule has 0 radical (unpaired) electrons. The van der Waals surface area contributed by atoms with Crippen molar-refractivity contribution >= 4 is 11.9 Å². The first-order valence-electron chi connectivity index (χ1n) is 10.9. The zero-order valence-corrected chi connectivity index (χ0v) is 18.0. The van der Waals surface area contributed by atoms with E-state index in [1.165, 1.54) is 5.56 Å². The summed E-state index contributed by atoms with van der Waals surface area (Å²) in [5.74, 6) is 1.13. The fourth-order valence-corrected chi connectivity index (χ4v) is 4.48. The van der Waals surface area contributed by atoms with Crippen LogP contribution in [0.3, 0.4) is 0 Å². The molecule has 6 heteroatoms. The van der Waals surface area contributed by atoms with Crippen LogP contribution in [0, 0.1) is 24.2 Å². The van der Waals surface area contributed by atoms with Crippen molar-refractivity contribution in [2.45, 2.75) is 46.5 Å². The number of esters is 1. The highest BCUT2D eigenvalue weighted by atomic mass is 16.5. The highest BCUT2D eigenvalue weighted by Gasteiger charge is 2.49. The third kappa shape index (κ3) is 4.13. The van der Waals surface area contributed by atoms with Crippen LogP contribution in [0.25, 0.3) is 11.3 Å². The Morgan fingerprint density at radius 3 is 2.70 bits per heavy atom. The molecule has 0 spiro atoms. The highest BCUT2D eigenvalue weighted by Crippen LogP contribution is 2.42. The molecule has 2 heterocycles. The standard InChI is InChI=1S/C24H30N2O4/c1-4-29-23(28)24(10-5-11-26(15-24)22(27)20-12-17(20)3)14-19-13-21(25-30-19)18-8-6-16(2)7-9-18/h6-9,13,17,20H,4-5,10-12,14-15H2,1-3H3/t17-,20+,24-/m0/s1. The molecule has 2 aliphatic rings. The summed E-state index contributed by atoms with van der Waals surface area (Å²) in [4.78, 5) is 27.7. The maximum atomic E-state index is 13.0. The van der Waals surface area contributed by atoms with Crippen LogP contribution in [-0.4, -0.2) is 41.6 Å². The summed E-state index contributed by atoms with van der Waals surface area (Å²) >= 11 is 0. The molecule has 1 aromatic heterocycles. The molecule has 4 rings (SSSR count). The van der Waals surface area contributed by atoms with E-state index in [0.717, 1.165) is 24.1 Å². The second-order valence-corrected chi connectivity index (χ2v) is 8.90.